The first-order valence-electron chi connectivity index (χ1n) is 8.94. The van der Waals surface area contributed by atoms with E-state index in [1.54, 1.807) is 24.3 Å². The first-order valence-corrected chi connectivity index (χ1v) is 8.94. The van der Waals surface area contributed by atoms with Gasteiger partial charge in [0.25, 0.3) is 5.91 Å². The summed E-state index contributed by atoms with van der Waals surface area (Å²) in [4.78, 5) is 16.8. The van der Waals surface area contributed by atoms with Gasteiger partial charge in [-0.15, -0.1) is 0 Å². The van der Waals surface area contributed by atoms with Crippen LogP contribution in [0.3, 0.4) is 0 Å². The van der Waals surface area contributed by atoms with E-state index in [-0.39, 0.29) is 23.8 Å². The zero-order valence-electron chi connectivity index (χ0n) is 15.2. The van der Waals surface area contributed by atoms with Crippen LogP contribution < -0.4 is 5.32 Å². The molecule has 2 N–H and O–H groups in total. The Morgan fingerprint density at radius 2 is 1.96 bits per heavy atom. The topological polar surface area (TPSA) is 97.5 Å². The largest absolute Gasteiger partial charge is 0.396 e. The number of rotatable bonds is 6. The smallest absolute Gasteiger partial charge is 0.251 e. The van der Waals surface area contributed by atoms with Crippen LogP contribution in [0.5, 0.6) is 0 Å². The number of amides is 1. The van der Waals surface area contributed by atoms with Crippen molar-refractivity contribution in [3.63, 3.8) is 0 Å². The summed E-state index contributed by atoms with van der Waals surface area (Å²) in [6.45, 7) is 5.70. The third kappa shape index (κ3) is 4.11. The van der Waals surface area contributed by atoms with Gasteiger partial charge in [-0.1, -0.05) is 31.1 Å². The van der Waals surface area contributed by atoms with Gasteiger partial charge in [-0.25, -0.2) is 0 Å². The first-order chi connectivity index (χ1) is 12.5. The van der Waals surface area contributed by atoms with Gasteiger partial charge in [0.2, 0.25) is 11.7 Å². The molecule has 26 heavy (non-hydrogen) atoms. The van der Waals surface area contributed by atoms with Gasteiger partial charge >= 0.3 is 0 Å². The van der Waals surface area contributed by atoms with Crippen molar-refractivity contribution in [1.29, 1.82) is 0 Å². The first kappa shape index (κ1) is 18.5. The molecule has 0 aliphatic carbocycles. The van der Waals surface area contributed by atoms with Gasteiger partial charge in [0.15, 0.2) is 0 Å². The van der Waals surface area contributed by atoms with Crippen LogP contribution in [0, 0.1) is 5.41 Å². The molecule has 140 valence electrons. The molecule has 0 unspecified atom stereocenters. The highest BCUT2D eigenvalue weighted by atomic mass is 16.5. The van der Waals surface area contributed by atoms with Crippen LogP contribution in [-0.4, -0.2) is 47.5 Å². The quantitative estimate of drug-likeness (QED) is 0.822. The number of ether oxygens (including phenoxy) is 1. The molecule has 0 bridgehead atoms. The molecule has 1 amide bonds. The Morgan fingerprint density at radius 3 is 2.54 bits per heavy atom. The predicted octanol–water partition coefficient (Wildman–Crippen LogP) is 2.38. The molecule has 1 aliphatic heterocycles. The zero-order chi connectivity index (χ0) is 18.6. The lowest BCUT2D eigenvalue weighted by Crippen LogP contribution is -2.43. The zero-order valence-corrected chi connectivity index (χ0v) is 15.2. The second kappa shape index (κ2) is 7.97. The second-order valence-electron chi connectivity index (χ2n) is 7.14. The Kier molecular flexibility index (Phi) is 5.68. The van der Waals surface area contributed by atoms with Crippen molar-refractivity contribution >= 4 is 5.91 Å². The van der Waals surface area contributed by atoms with E-state index in [1.807, 2.05) is 13.8 Å². The fourth-order valence-corrected chi connectivity index (χ4v) is 2.92. The highest BCUT2D eigenvalue weighted by Crippen LogP contribution is 2.29. The second-order valence-corrected chi connectivity index (χ2v) is 7.14. The van der Waals surface area contributed by atoms with Gasteiger partial charge in [0, 0.05) is 42.2 Å². The van der Waals surface area contributed by atoms with Crippen LogP contribution in [0.25, 0.3) is 11.4 Å². The van der Waals surface area contributed by atoms with E-state index in [2.05, 4.69) is 15.5 Å². The summed E-state index contributed by atoms with van der Waals surface area (Å²) in [6, 6.07) is 7.09. The lowest BCUT2D eigenvalue weighted by Gasteiger charge is -2.35. The number of nitrogens with zero attached hydrogens (tertiary/aromatic N) is 2. The number of benzene rings is 1. The maximum atomic E-state index is 12.4. The summed E-state index contributed by atoms with van der Waals surface area (Å²) in [5.41, 5.74) is 1.07. The van der Waals surface area contributed by atoms with Gasteiger partial charge in [0.1, 0.15) is 0 Å². The van der Waals surface area contributed by atoms with Crippen molar-refractivity contribution in [3.05, 3.63) is 35.7 Å². The molecule has 1 aliphatic rings. The van der Waals surface area contributed by atoms with Crippen molar-refractivity contribution in [2.24, 2.45) is 5.41 Å². The van der Waals surface area contributed by atoms with E-state index in [1.165, 1.54) is 0 Å². The highest BCUT2D eigenvalue weighted by Gasteiger charge is 2.32. The van der Waals surface area contributed by atoms with Crippen LogP contribution in [0.15, 0.2) is 28.8 Å². The van der Waals surface area contributed by atoms with Crippen LogP contribution >= 0.6 is 0 Å². The number of hydrogen-bond donors (Lipinski definition) is 2. The normalized spacial score (nSPS) is 16.6. The maximum Gasteiger partial charge on any atom is 0.251 e. The highest BCUT2D eigenvalue weighted by molar-refractivity contribution is 5.94. The van der Waals surface area contributed by atoms with Gasteiger partial charge in [0.05, 0.1) is 6.61 Å². The van der Waals surface area contributed by atoms with Crippen molar-refractivity contribution in [3.8, 4) is 11.4 Å². The summed E-state index contributed by atoms with van der Waals surface area (Å²) in [6.07, 6.45) is 1.50. The number of carbonyl (C=O) groups is 1. The SMILES string of the molecule is CC(C)c1nc(-c2ccc(C(=O)NCC3(CO)CCOCC3)cc2)no1. The number of nitrogens with one attached hydrogen (secondary N) is 1. The van der Waals surface area contributed by atoms with Crippen LogP contribution in [0.4, 0.5) is 0 Å². The molecule has 2 aromatic rings. The molecular weight excluding hydrogens is 334 g/mol. The minimum atomic E-state index is -0.286. The number of carbonyl (C=O) groups excluding carboxylic acids is 1. The van der Waals surface area contributed by atoms with E-state index in [9.17, 15) is 9.90 Å². The Labute approximate surface area is 152 Å². The fourth-order valence-electron chi connectivity index (χ4n) is 2.92. The maximum absolute atomic E-state index is 12.4. The van der Waals surface area contributed by atoms with E-state index in [4.69, 9.17) is 9.26 Å². The summed E-state index contributed by atoms with van der Waals surface area (Å²) in [5, 5.41) is 16.6. The molecule has 1 aromatic heterocycles. The summed E-state index contributed by atoms with van der Waals surface area (Å²) in [7, 11) is 0. The molecule has 7 nitrogen and oxygen atoms in total. The number of hydrogen-bond acceptors (Lipinski definition) is 6. The van der Waals surface area contributed by atoms with Crippen LogP contribution in [0.2, 0.25) is 0 Å². The van der Waals surface area contributed by atoms with E-state index in [0.717, 1.165) is 18.4 Å². The molecule has 0 saturated carbocycles. The molecule has 3 rings (SSSR count). The van der Waals surface area contributed by atoms with Crippen molar-refractivity contribution in [1.82, 2.24) is 15.5 Å². The summed E-state index contributed by atoms with van der Waals surface area (Å²) >= 11 is 0. The molecule has 2 heterocycles. The molecule has 1 fully saturated rings. The molecule has 1 aromatic carbocycles. The van der Waals surface area contributed by atoms with E-state index in [0.29, 0.717) is 37.0 Å². The Balaban J connectivity index is 1.63. The average molecular weight is 359 g/mol. The standard InChI is InChI=1S/C19H25N3O4/c1-13(2)18-21-16(22-26-18)14-3-5-15(6-4-14)17(24)20-11-19(12-23)7-9-25-10-8-19/h3-6,13,23H,7-12H2,1-2H3,(H,20,24). The average Bonchev–Trinajstić information content (AvgIpc) is 3.17. The minimum absolute atomic E-state index is 0.0472. The fraction of sp³-hybridized carbons (Fsp3) is 0.526. The monoisotopic (exact) mass is 359 g/mol. The van der Waals surface area contributed by atoms with E-state index < -0.39 is 0 Å². The Hall–Kier alpha value is -2.25. The lowest BCUT2D eigenvalue weighted by molar-refractivity contribution is -0.0146. The third-order valence-electron chi connectivity index (χ3n) is 4.85. The Bertz CT molecular complexity index is 733. The third-order valence-corrected chi connectivity index (χ3v) is 4.85. The van der Waals surface area contributed by atoms with Crippen molar-refractivity contribution < 1.29 is 19.2 Å². The minimum Gasteiger partial charge on any atom is -0.396 e. The van der Waals surface area contributed by atoms with Gasteiger partial charge in [-0.05, 0) is 25.0 Å². The molecular formula is C19H25N3O4. The molecule has 7 heteroatoms. The van der Waals surface area contributed by atoms with Gasteiger partial charge < -0.3 is 19.7 Å². The number of aromatic nitrogens is 2. The Morgan fingerprint density at radius 1 is 1.27 bits per heavy atom. The molecule has 0 radical (unpaired) electrons. The summed E-state index contributed by atoms with van der Waals surface area (Å²) < 4.78 is 10.6. The molecule has 1 saturated heterocycles. The summed E-state index contributed by atoms with van der Waals surface area (Å²) in [5.74, 6) is 1.12. The number of aliphatic hydroxyl groups excluding tert-OH is 1. The lowest BCUT2D eigenvalue weighted by atomic mass is 9.81. The van der Waals surface area contributed by atoms with E-state index >= 15 is 0 Å². The van der Waals surface area contributed by atoms with Crippen molar-refractivity contribution in [2.75, 3.05) is 26.4 Å². The van der Waals surface area contributed by atoms with Crippen LogP contribution in [0.1, 0.15) is 48.9 Å². The molecule has 0 spiro atoms. The predicted molar refractivity (Wildman–Crippen MR) is 95.7 cm³/mol. The van der Waals surface area contributed by atoms with Crippen molar-refractivity contribution in [2.45, 2.75) is 32.6 Å². The molecule has 0 atom stereocenters. The van der Waals surface area contributed by atoms with Crippen LogP contribution in [-0.2, 0) is 4.74 Å². The van der Waals surface area contributed by atoms with Gasteiger partial charge in [-0.3, -0.25) is 4.79 Å². The number of aliphatic hydroxyl groups is 1. The van der Waals surface area contributed by atoms with Gasteiger partial charge in [-0.2, -0.15) is 4.98 Å².